The fraction of sp³-hybridized carbons (Fsp3) is 0.429. The number of nitrogens with zero attached hydrogens (tertiary/aromatic N) is 8. The molecular formula is C42H48N10O2. The van der Waals surface area contributed by atoms with Gasteiger partial charge in [0.2, 0.25) is 11.8 Å². The summed E-state index contributed by atoms with van der Waals surface area (Å²) in [6.45, 7) is 3.43. The number of carbonyl (C=O) groups excluding carboxylic acids is 2. The van der Waals surface area contributed by atoms with Gasteiger partial charge in [-0.15, -0.1) is 0 Å². The summed E-state index contributed by atoms with van der Waals surface area (Å²) in [7, 11) is 3.94. The first kappa shape index (κ1) is 35.5. The van der Waals surface area contributed by atoms with E-state index >= 15 is 0 Å². The number of piperidine rings is 2. The van der Waals surface area contributed by atoms with E-state index in [4.69, 9.17) is 5.10 Å². The molecule has 3 fully saturated rings. The number of carbonyl (C=O) groups is 2. The first-order valence-electron chi connectivity index (χ1n) is 19.3. The molecule has 1 aromatic carbocycles. The topological polar surface area (TPSA) is 136 Å². The zero-order valence-corrected chi connectivity index (χ0v) is 31.1. The molecule has 1 aliphatic carbocycles. The maximum atomic E-state index is 12.1. The molecule has 278 valence electrons. The van der Waals surface area contributed by atoms with Crippen molar-refractivity contribution in [2.24, 2.45) is 5.92 Å². The second kappa shape index (κ2) is 15.4. The number of imide groups is 1. The van der Waals surface area contributed by atoms with Crippen molar-refractivity contribution in [2.45, 2.75) is 75.8 Å². The third-order valence-electron chi connectivity index (χ3n) is 11.8. The molecule has 1 unspecified atom stereocenters. The smallest absolute Gasteiger partial charge is 0.249 e. The largest absolute Gasteiger partial charge is 0.374 e. The second-order valence-corrected chi connectivity index (χ2v) is 15.5. The van der Waals surface area contributed by atoms with Crippen LogP contribution in [0.2, 0.25) is 0 Å². The summed E-state index contributed by atoms with van der Waals surface area (Å²) in [5.74, 6) is 1.76. The maximum Gasteiger partial charge on any atom is 0.249 e. The van der Waals surface area contributed by atoms with E-state index in [-0.39, 0.29) is 17.9 Å². The summed E-state index contributed by atoms with van der Waals surface area (Å²) < 4.78 is 3.96. The maximum absolute atomic E-state index is 12.1. The van der Waals surface area contributed by atoms with E-state index < -0.39 is 0 Å². The number of pyridine rings is 2. The molecule has 5 aromatic rings. The van der Waals surface area contributed by atoms with Crippen molar-refractivity contribution >= 4 is 28.8 Å². The number of benzene rings is 1. The van der Waals surface area contributed by atoms with Crippen LogP contribution in [0.5, 0.6) is 0 Å². The van der Waals surface area contributed by atoms with Gasteiger partial charge in [0.15, 0.2) is 0 Å². The van der Waals surface area contributed by atoms with Crippen LogP contribution < -0.4 is 15.5 Å². The summed E-state index contributed by atoms with van der Waals surface area (Å²) in [5, 5.41) is 24.9. The fourth-order valence-corrected chi connectivity index (χ4v) is 8.52. The Labute approximate surface area is 316 Å². The van der Waals surface area contributed by atoms with E-state index in [0.29, 0.717) is 30.4 Å². The normalized spacial score (nSPS) is 21.2. The molecule has 12 heteroatoms. The second-order valence-electron chi connectivity index (χ2n) is 15.5. The van der Waals surface area contributed by atoms with Gasteiger partial charge in [-0.2, -0.15) is 15.5 Å². The SMILES string of the molecule is CN(C)c1ccc(-c2cc(-c3cnn(C4CCC(CCN5CCC(c6ccc(NC7CCC(=O)NC7=O)cc6)CC5)CC4)c3)cn3ncc(C#N)c23)cn1. The fourth-order valence-electron chi connectivity index (χ4n) is 8.52. The number of likely N-dealkylation sites (tertiary alicyclic amines) is 1. The number of hydrogen-bond acceptors (Lipinski definition) is 9. The monoisotopic (exact) mass is 724 g/mol. The number of nitriles is 1. The van der Waals surface area contributed by atoms with Gasteiger partial charge in [-0.3, -0.25) is 19.6 Å². The van der Waals surface area contributed by atoms with Crippen LogP contribution in [0.3, 0.4) is 0 Å². The van der Waals surface area contributed by atoms with Crippen LogP contribution in [0.1, 0.15) is 80.9 Å². The number of anilines is 2. The predicted molar refractivity (Wildman–Crippen MR) is 209 cm³/mol. The Morgan fingerprint density at radius 3 is 2.39 bits per heavy atom. The van der Waals surface area contributed by atoms with Crippen LogP contribution in [0.15, 0.2) is 73.4 Å². The van der Waals surface area contributed by atoms with Crippen LogP contribution in [0.4, 0.5) is 11.5 Å². The van der Waals surface area contributed by atoms with E-state index in [9.17, 15) is 14.9 Å². The molecular weight excluding hydrogens is 677 g/mol. The van der Waals surface area contributed by atoms with Gasteiger partial charge in [-0.05, 0) is 119 Å². The molecule has 12 nitrogen and oxygen atoms in total. The molecule has 2 saturated heterocycles. The molecule has 3 aliphatic rings. The predicted octanol–water partition coefficient (Wildman–Crippen LogP) is 6.42. The molecule has 2 amide bonds. The van der Waals surface area contributed by atoms with Crippen molar-refractivity contribution in [3.05, 3.63) is 84.6 Å². The van der Waals surface area contributed by atoms with Crippen molar-refractivity contribution in [1.82, 2.24) is 34.6 Å². The van der Waals surface area contributed by atoms with Gasteiger partial charge < -0.3 is 15.1 Å². The summed E-state index contributed by atoms with van der Waals surface area (Å²) in [6, 6.07) is 17.0. The lowest BCUT2D eigenvalue weighted by molar-refractivity contribution is -0.133. The zero-order valence-electron chi connectivity index (χ0n) is 31.1. The lowest BCUT2D eigenvalue weighted by Crippen LogP contribution is -2.47. The Hall–Kier alpha value is -5.54. The van der Waals surface area contributed by atoms with Gasteiger partial charge in [0.05, 0.1) is 29.5 Å². The Balaban J connectivity index is 0.822. The van der Waals surface area contributed by atoms with Gasteiger partial charge >= 0.3 is 0 Å². The molecule has 54 heavy (non-hydrogen) atoms. The molecule has 0 spiro atoms. The summed E-state index contributed by atoms with van der Waals surface area (Å²) >= 11 is 0. The standard InChI is InChI=1S/C42H48N10O2/c1-49(2)39-13-7-31(23-44-39)37-21-32(26-52-41(37)33(22-43)24-46-52)34-25-45-51(27-34)36-10-3-28(4-11-36)15-18-50-19-16-30(17-20-50)29-5-8-35(9-6-29)47-38-12-14-40(53)48-42(38)54/h5-9,13,21,23-28,30,36,38,47H,3-4,10-12,14-20H2,1-2H3,(H,48,53,54). The number of fused-ring (bicyclic) bond motifs is 1. The molecule has 0 radical (unpaired) electrons. The van der Waals surface area contributed by atoms with Crippen LogP contribution in [0, 0.1) is 17.2 Å². The minimum absolute atomic E-state index is 0.192. The third-order valence-corrected chi connectivity index (χ3v) is 11.8. The van der Waals surface area contributed by atoms with Gasteiger partial charge in [-0.1, -0.05) is 12.1 Å². The average molecular weight is 725 g/mol. The summed E-state index contributed by atoms with van der Waals surface area (Å²) in [4.78, 5) is 32.8. The molecule has 8 rings (SSSR count). The van der Waals surface area contributed by atoms with Crippen LogP contribution >= 0.6 is 0 Å². The summed E-state index contributed by atoms with van der Waals surface area (Å²) in [5.41, 5.74) is 7.51. The zero-order chi connectivity index (χ0) is 37.2. The van der Waals surface area contributed by atoms with Crippen molar-refractivity contribution in [3.8, 4) is 28.3 Å². The van der Waals surface area contributed by atoms with Crippen molar-refractivity contribution in [2.75, 3.05) is 43.9 Å². The minimum Gasteiger partial charge on any atom is -0.374 e. The number of hydrogen-bond donors (Lipinski definition) is 2. The van der Waals surface area contributed by atoms with E-state index in [2.05, 4.69) is 72.9 Å². The summed E-state index contributed by atoms with van der Waals surface area (Å²) in [6.07, 6.45) is 18.8. The van der Waals surface area contributed by atoms with Gasteiger partial charge in [0.1, 0.15) is 17.9 Å². The van der Waals surface area contributed by atoms with Crippen LogP contribution in [0.25, 0.3) is 27.8 Å². The van der Waals surface area contributed by atoms with Gasteiger partial charge in [0.25, 0.3) is 0 Å². The van der Waals surface area contributed by atoms with Gasteiger partial charge in [0, 0.05) is 67.0 Å². The number of rotatable bonds is 10. The Kier molecular flexibility index (Phi) is 10.1. The van der Waals surface area contributed by atoms with E-state index in [0.717, 1.165) is 71.1 Å². The highest BCUT2D eigenvalue weighted by molar-refractivity contribution is 6.01. The molecule has 2 aliphatic heterocycles. The lowest BCUT2D eigenvalue weighted by atomic mass is 9.83. The van der Waals surface area contributed by atoms with E-state index in [1.54, 1.807) is 10.7 Å². The first-order valence-corrected chi connectivity index (χ1v) is 19.3. The van der Waals surface area contributed by atoms with Crippen molar-refractivity contribution < 1.29 is 9.59 Å². The van der Waals surface area contributed by atoms with Crippen molar-refractivity contribution in [3.63, 3.8) is 0 Å². The van der Waals surface area contributed by atoms with E-state index in [1.807, 2.05) is 49.7 Å². The Morgan fingerprint density at radius 2 is 1.69 bits per heavy atom. The molecule has 1 atom stereocenters. The van der Waals surface area contributed by atoms with Crippen LogP contribution in [-0.2, 0) is 9.59 Å². The number of nitrogens with one attached hydrogen (secondary N) is 2. The highest BCUT2D eigenvalue weighted by Gasteiger charge is 2.28. The number of aromatic nitrogens is 5. The van der Waals surface area contributed by atoms with Gasteiger partial charge in [-0.25, -0.2) is 9.50 Å². The molecule has 0 bridgehead atoms. The molecule has 6 heterocycles. The highest BCUT2D eigenvalue weighted by atomic mass is 16.2. The first-order chi connectivity index (χ1) is 26.3. The lowest BCUT2D eigenvalue weighted by Gasteiger charge is -2.34. The molecule has 4 aromatic heterocycles. The Morgan fingerprint density at radius 1 is 0.889 bits per heavy atom. The number of amides is 2. The minimum atomic E-state index is -0.356. The third kappa shape index (κ3) is 7.59. The highest BCUT2D eigenvalue weighted by Crippen LogP contribution is 2.37. The molecule has 1 saturated carbocycles. The Bertz CT molecular complexity index is 2150. The average Bonchev–Trinajstić information content (AvgIpc) is 3.87. The van der Waals surface area contributed by atoms with E-state index in [1.165, 1.54) is 44.2 Å². The van der Waals surface area contributed by atoms with Crippen molar-refractivity contribution in [1.29, 1.82) is 5.26 Å². The van der Waals surface area contributed by atoms with Crippen LogP contribution in [-0.4, -0.2) is 80.9 Å². The molecule has 2 N–H and O–H groups in total. The quantitative estimate of drug-likeness (QED) is 0.157.